The Hall–Kier alpha value is -0.860. The molecule has 2 rings (SSSR count). The minimum Gasteiger partial charge on any atom is -0.343 e. The Kier molecular flexibility index (Phi) is 1.87. The molecule has 12 heavy (non-hydrogen) atoms. The molecule has 0 spiro atoms. The highest BCUT2D eigenvalue weighted by Gasteiger charge is 2.40. The fraction of sp³-hybridized carbons (Fsp3) is 0.400. The van der Waals surface area contributed by atoms with Crippen LogP contribution in [0.2, 0.25) is 0 Å². The first-order chi connectivity index (χ1) is 5.79. The topological polar surface area (TPSA) is 21.8 Å². The van der Waals surface area contributed by atoms with E-state index in [1.54, 1.807) is 0 Å². The molecule has 0 bridgehead atoms. The molecule has 1 unspecified atom stereocenters. The van der Waals surface area contributed by atoms with Gasteiger partial charge in [-0.2, -0.15) is 0 Å². The van der Waals surface area contributed by atoms with Gasteiger partial charge in [-0.3, -0.25) is 0 Å². The van der Waals surface area contributed by atoms with Crippen molar-refractivity contribution in [1.82, 2.24) is 0 Å². The minimum absolute atomic E-state index is 0.296. The minimum atomic E-state index is -0.296. The van der Waals surface area contributed by atoms with E-state index in [2.05, 4.69) is 0 Å². The maximum absolute atomic E-state index is 5.50. The van der Waals surface area contributed by atoms with E-state index in [0.717, 1.165) is 6.61 Å². The van der Waals surface area contributed by atoms with E-state index in [4.69, 9.17) is 9.47 Å². The van der Waals surface area contributed by atoms with E-state index in [1.165, 1.54) is 5.56 Å². The maximum Gasteiger partial charge on any atom is 0.189 e. The van der Waals surface area contributed by atoms with Crippen LogP contribution < -0.4 is 0 Å². The molecule has 2 heteroatoms. The zero-order chi connectivity index (χ0) is 8.44. The van der Waals surface area contributed by atoms with Crippen LogP contribution in [0.1, 0.15) is 12.5 Å². The van der Waals surface area contributed by atoms with Gasteiger partial charge < -0.3 is 9.47 Å². The largest absolute Gasteiger partial charge is 0.343 e. The monoisotopic (exact) mass is 164 g/mol. The highest BCUT2D eigenvalue weighted by atomic mass is 16.8. The highest BCUT2D eigenvalue weighted by Crippen LogP contribution is 2.28. The third-order valence-corrected chi connectivity index (χ3v) is 1.94. The normalized spacial score (nSPS) is 27.1. The average Bonchev–Trinajstić information content (AvgIpc) is 2.84. The summed E-state index contributed by atoms with van der Waals surface area (Å²) in [5.41, 5.74) is 1.19. The summed E-state index contributed by atoms with van der Waals surface area (Å²) in [7, 11) is 0. The Bertz CT molecular complexity index is 252. The van der Waals surface area contributed by atoms with E-state index < -0.39 is 0 Å². The lowest BCUT2D eigenvalue weighted by atomic mass is 10.2. The quantitative estimate of drug-likeness (QED) is 0.637. The van der Waals surface area contributed by atoms with Crippen LogP contribution in [0, 0.1) is 0 Å². The Balaban J connectivity index is 1.88. The summed E-state index contributed by atoms with van der Waals surface area (Å²) in [5.74, 6) is -0.296. The van der Waals surface area contributed by atoms with Crippen molar-refractivity contribution in [1.29, 1.82) is 0 Å². The molecule has 1 saturated heterocycles. The number of epoxide rings is 1. The number of benzene rings is 1. The van der Waals surface area contributed by atoms with Crippen LogP contribution in [-0.2, 0) is 16.1 Å². The van der Waals surface area contributed by atoms with Gasteiger partial charge >= 0.3 is 0 Å². The van der Waals surface area contributed by atoms with Crippen molar-refractivity contribution in [2.24, 2.45) is 0 Å². The first kappa shape index (κ1) is 7.77. The molecule has 0 saturated carbocycles. The molecule has 0 radical (unpaired) electrons. The molecule has 1 aliphatic heterocycles. The van der Waals surface area contributed by atoms with Crippen LogP contribution in [-0.4, -0.2) is 12.4 Å². The number of rotatable bonds is 3. The molecule has 1 fully saturated rings. The molecule has 64 valence electrons. The second-order valence-electron chi connectivity index (χ2n) is 3.20. The molecule has 1 aromatic carbocycles. The lowest BCUT2D eigenvalue weighted by molar-refractivity contribution is -0.0401. The van der Waals surface area contributed by atoms with Gasteiger partial charge in [-0.1, -0.05) is 30.3 Å². The van der Waals surface area contributed by atoms with Crippen molar-refractivity contribution < 1.29 is 9.47 Å². The Morgan fingerprint density at radius 3 is 2.67 bits per heavy atom. The highest BCUT2D eigenvalue weighted by molar-refractivity contribution is 5.13. The third kappa shape index (κ3) is 1.84. The van der Waals surface area contributed by atoms with Gasteiger partial charge in [-0.15, -0.1) is 0 Å². The predicted octanol–water partition coefficient (Wildman–Crippen LogP) is 1.95. The number of hydrogen-bond donors (Lipinski definition) is 0. The van der Waals surface area contributed by atoms with Gasteiger partial charge in [0.15, 0.2) is 5.79 Å². The van der Waals surface area contributed by atoms with Gasteiger partial charge in [0, 0.05) is 0 Å². The van der Waals surface area contributed by atoms with Gasteiger partial charge in [-0.25, -0.2) is 0 Å². The summed E-state index contributed by atoms with van der Waals surface area (Å²) >= 11 is 0. The predicted molar refractivity (Wildman–Crippen MR) is 45.6 cm³/mol. The summed E-state index contributed by atoms with van der Waals surface area (Å²) in [5, 5.41) is 0. The molecule has 0 aliphatic carbocycles. The van der Waals surface area contributed by atoms with Crippen LogP contribution in [0.15, 0.2) is 30.3 Å². The zero-order valence-electron chi connectivity index (χ0n) is 7.12. The molecule has 1 aliphatic rings. The Morgan fingerprint density at radius 1 is 1.42 bits per heavy atom. The molecule has 0 aromatic heterocycles. The maximum atomic E-state index is 5.50. The summed E-state index contributed by atoms with van der Waals surface area (Å²) in [6.07, 6.45) is 0. The lowest BCUT2D eigenvalue weighted by Gasteiger charge is -2.06. The summed E-state index contributed by atoms with van der Waals surface area (Å²) in [4.78, 5) is 0. The van der Waals surface area contributed by atoms with E-state index >= 15 is 0 Å². The first-order valence-corrected chi connectivity index (χ1v) is 4.10. The standard InChI is InChI=1S/C10H12O2/c1-10(8-12-10)11-7-9-5-3-2-4-6-9/h2-6H,7-8H2,1H3. The second kappa shape index (κ2) is 2.88. The number of hydrogen-bond acceptors (Lipinski definition) is 2. The fourth-order valence-corrected chi connectivity index (χ4v) is 0.995. The van der Waals surface area contributed by atoms with Crippen LogP contribution in [0.4, 0.5) is 0 Å². The molecular formula is C10H12O2. The van der Waals surface area contributed by atoms with E-state index in [0.29, 0.717) is 6.61 Å². The van der Waals surface area contributed by atoms with Crippen molar-refractivity contribution in [2.75, 3.05) is 6.61 Å². The van der Waals surface area contributed by atoms with E-state index in [9.17, 15) is 0 Å². The molecule has 0 amide bonds. The first-order valence-electron chi connectivity index (χ1n) is 4.10. The number of ether oxygens (including phenoxy) is 2. The van der Waals surface area contributed by atoms with Gasteiger partial charge in [-0.05, 0) is 12.5 Å². The van der Waals surface area contributed by atoms with Crippen molar-refractivity contribution in [3.05, 3.63) is 35.9 Å². The molecular weight excluding hydrogens is 152 g/mol. The second-order valence-corrected chi connectivity index (χ2v) is 3.20. The van der Waals surface area contributed by atoms with Gasteiger partial charge in [0.2, 0.25) is 0 Å². The molecule has 0 N–H and O–H groups in total. The van der Waals surface area contributed by atoms with Gasteiger partial charge in [0.05, 0.1) is 6.61 Å². The summed E-state index contributed by atoms with van der Waals surface area (Å²) in [6.45, 7) is 3.31. The van der Waals surface area contributed by atoms with Gasteiger partial charge in [0.1, 0.15) is 6.61 Å². The van der Waals surface area contributed by atoms with Crippen molar-refractivity contribution in [2.45, 2.75) is 19.3 Å². The van der Waals surface area contributed by atoms with Crippen LogP contribution in [0.3, 0.4) is 0 Å². The van der Waals surface area contributed by atoms with Crippen molar-refractivity contribution in [3.63, 3.8) is 0 Å². The van der Waals surface area contributed by atoms with E-state index in [-0.39, 0.29) is 5.79 Å². The molecule has 1 heterocycles. The Morgan fingerprint density at radius 2 is 2.08 bits per heavy atom. The summed E-state index contributed by atoms with van der Waals surface area (Å²) < 4.78 is 10.6. The lowest BCUT2D eigenvalue weighted by Crippen LogP contribution is -2.09. The van der Waals surface area contributed by atoms with Crippen LogP contribution in [0.5, 0.6) is 0 Å². The molecule has 1 atom stereocenters. The molecule has 2 nitrogen and oxygen atoms in total. The molecule has 1 aromatic rings. The SMILES string of the molecule is CC1(OCc2ccccc2)CO1. The van der Waals surface area contributed by atoms with Crippen molar-refractivity contribution in [3.8, 4) is 0 Å². The Labute approximate surface area is 72.1 Å². The van der Waals surface area contributed by atoms with Gasteiger partial charge in [0.25, 0.3) is 0 Å². The van der Waals surface area contributed by atoms with Crippen molar-refractivity contribution >= 4 is 0 Å². The summed E-state index contributed by atoms with van der Waals surface area (Å²) in [6, 6.07) is 10.1. The average molecular weight is 164 g/mol. The fourth-order valence-electron chi connectivity index (χ4n) is 0.995. The van der Waals surface area contributed by atoms with Crippen LogP contribution in [0.25, 0.3) is 0 Å². The zero-order valence-corrected chi connectivity index (χ0v) is 7.12. The third-order valence-electron chi connectivity index (χ3n) is 1.94. The van der Waals surface area contributed by atoms with Crippen LogP contribution >= 0.6 is 0 Å². The smallest absolute Gasteiger partial charge is 0.189 e. The van der Waals surface area contributed by atoms with E-state index in [1.807, 2.05) is 37.3 Å².